The number of hydrogen-bond donors (Lipinski definition) is 0. The predicted molar refractivity (Wildman–Crippen MR) is 90.9 cm³/mol. The van der Waals surface area contributed by atoms with Crippen LogP contribution in [0, 0.1) is 5.82 Å². The molecule has 7 heteroatoms. The van der Waals surface area contributed by atoms with E-state index in [1.165, 1.54) is 6.07 Å². The lowest BCUT2D eigenvalue weighted by molar-refractivity contribution is 0.0239. The molecule has 0 aliphatic carbocycles. The molecular weight excluding hydrogens is 377 g/mol. The normalized spacial score (nSPS) is 14.0. The summed E-state index contributed by atoms with van der Waals surface area (Å²) in [5.41, 5.74) is 2.34. The molecule has 1 aromatic carbocycles. The Morgan fingerprint density at radius 2 is 2.12 bits per heavy atom. The van der Waals surface area contributed by atoms with Crippen LogP contribution in [-0.2, 0) is 24.4 Å². The van der Waals surface area contributed by atoms with Crippen LogP contribution in [0.1, 0.15) is 37.6 Å². The number of halogens is 2. The molecular formula is C17H19BrFN3O2. The first-order valence-electron chi connectivity index (χ1n) is 7.68. The minimum absolute atomic E-state index is 0.283. The Labute approximate surface area is 148 Å². The van der Waals surface area contributed by atoms with Gasteiger partial charge in [0.25, 0.3) is 0 Å². The Balaban J connectivity index is 1.66. The minimum Gasteiger partial charge on any atom is -0.444 e. The van der Waals surface area contributed by atoms with Gasteiger partial charge in [0.15, 0.2) is 0 Å². The highest BCUT2D eigenvalue weighted by Crippen LogP contribution is 2.24. The minimum atomic E-state index is -0.507. The number of rotatable bonds is 2. The van der Waals surface area contributed by atoms with Crippen molar-refractivity contribution in [3.63, 3.8) is 0 Å². The van der Waals surface area contributed by atoms with Gasteiger partial charge in [0.2, 0.25) is 0 Å². The third-order valence-corrected chi connectivity index (χ3v) is 4.21. The summed E-state index contributed by atoms with van der Waals surface area (Å²) in [6.45, 7) is 7.05. The summed E-state index contributed by atoms with van der Waals surface area (Å²) in [7, 11) is 0. The Bertz CT molecular complexity index is 759. The highest BCUT2D eigenvalue weighted by molar-refractivity contribution is 9.10. The quantitative estimate of drug-likeness (QED) is 0.769. The van der Waals surface area contributed by atoms with Gasteiger partial charge in [-0.25, -0.2) is 9.18 Å². The number of benzene rings is 1. The van der Waals surface area contributed by atoms with Crippen LogP contribution in [-0.4, -0.2) is 26.4 Å². The van der Waals surface area contributed by atoms with Crippen LogP contribution >= 0.6 is 15.9 Å². The number of carbonyl (C=O) groups excluding carboxylic acids is 1. The van der Waals surface area contributed by atoms with Crippen molar-refractivity contribution in [2.24, 2.45) is 0 Å². The molecule has 1 aliphatic rings. The third kappa shape index (κ3) is 3.77. The highest BCUT2D eigenvalue weighted by Gasteiger charge is 2.29. The Morgan fingerprint density at radius 3 is 2.75 bits per heavy atom. The smallest absolute Gasteiger partial charge is 0.410 e. The SMILES string of the molecule is CC(C)(C)OC(=O)N1Cc2cn(Cc3ccc(F)c(Br)c3)nc2C1. The van der Waals surface area contributed by atoms with Crippen molar-refractivity contribution in [2.45, 2.75) is 46.0 Å². The van der Waals surface area contributed by atoms with Gasteiger partial charge in [-0.2, -0.15) is 5.10 Å². The van der Waals surface area contributed by atoms with E-state index in [2.05, 4.69) is 21.0 Å². The Morgan fingerprint density at radius 1 is 1.38 bits per heavy atom. The van der Waals surface area contributed by atoms with E-state index in [0.717, 1.165) is 16.8 Å². The monoisotopic (exact) mass is 395 g/mol. The summed E-state index contributed by atoms with van der Waals surface area (Å²) >= 11 is 3.19. The van der Waals surface area contributed by atoms with Crippen molar-refractivity contribution in [1.29, 1.82) is 0 Å². The summed E-state index contributed by atoms with van der Waals surface area (Å²) in [4.78, 5) is 13.7. The lowest BCUT2D eigenvalue weighted by Gasteiger charge is -2.24. The van der Waals surface area contributed by atoms with Crippen molar-refractivity contribution in [2.75, 3.05) is 0 Å². The van der Waals surface area contributed by atoms with E-state index in [0.29, 0.717) is 24.1 Å². The van der Waals surface area contributed by atoms with Crippen LogP contribution in [0.4, 0.5) is 9.18 Å². The molecule has 2 aromatic rings. The zero-order valence-electron chi connectivity index (χ0n) is 13.8. The van der Waals surface area contributed by atoms with Crippen LogP contribution in [0.3, 0.4) is 0 Å². The standard InChI is InChI=1S/C17H19BrFN3O2/c1-17(2,3)24-16(23)21-8-12-9-22(20-15(12)10-21)7-11-4-5-14(19)13(18)6-11/h4-6,9H,7-8,10H2,1-3H3. The van der Waals surface area contributed by atoms with E-state index in [4.69, 9.17) is 4.74 Å². The number of fused-ring (bicyclic) bond motifs is 1. The van der Waals surface area contributed by atoms with Crippen LogP contribution < -0.4 is 0 Å². The van der Waals surface area contributed by atoms with E-state index >= 15 is 0 Å². The first-order valence-corrected chi connectivity index (χ1v) is 8.47. The Kier molecular flexibility index (Phi) is 4.38. The average Bonchev–Trinajstić information content (AvgIpc) is 2.99. The number of aromatic nitrogens is 2. The van der Waals surface area contributed by atoms with Crippen LogP contribution in [0.5, 0.6) is 0 Å². The van der Waals surface area contributed by atoms with E-state index in [1.807, 2.05) is 31.6 Å². The molecule has 0 unspecified atom stereocenters. The Hall–Kier alpha value is -1.89. The van der Waals surface area contributed by atoms with Gasteiger partial charge in [0.1, 0.15) is 11.4 Å². The molecule has 1 aliphatic heterocycles. The lowest BCUT2D eigenvalue weighted by atomic mass is 10.2. The van der Waals surface area contributed by atoms with E-state index < -0.39 is 5.60 Å². The van der Waals surface area contributed by atoms with Gasteiger partial charge >= 0.3 is 6.09 Å². The van der Waals surface area contributed by atoms with Crippen molar-refractivity contribution in [3.05, 3.63) is 51.5 Å². The zero-order chi connectivity index (χ0) is 17.5. The average molecular weight is 396 g/mol. The first-order chi connectivity index (χ1) is 11.2. The van der Waals surface area contributed by atoms with Crippen LogP contribution in [0.15, 0.2) is 28.9 Å². The van der Waals surface area contributed by atoms with Gasteiger partial charge in [0, 0.05) is 11.8 Å². The van der Waals surface area contributed by atoms with Crippen molar-refractivity contribution >= 4 is 22.0 Å². The summed E-state index contributed by atoms with van der Waals surface area (Å²) < 4.78 is 20.9. The molecule has 24 heavy (non-hydrogen) atoms. The topological polar surface area (TPSA) is 47.4 Å². The number of amides is 1. The fourth-order valence-electron chi connectivity index (χ4n) is 2.57. The zero-order valence-corrected chi connectivity index (χ0v) is 15.4. The maximum absolute atomic E-state index is 13.3. The number of nitrogens with zero attached hydrogens (tertiary/aromatic N) is 3. The summed E-state index contributed by atoms with van der Waals surface area (Å²) in [5, 5.41) is 4.53. The summed E-state index contributed by atoms with van der Waals surface area (Å²) in [5.74, 6) is -0.283. The highest BCUT2D eigenvalue weighted by atomic mass is 79.9. The molecule has 0 saturated heterocycles. The van der Waals surface area contributed by atoms with Gasteiger partial charge in [-0.3, -0.25) is 9.58 Å². The molecule has 0 radical (unpaired) electrons. The lowest BCUT2D eigenvalue weighted by Crippen LogP contribution is -2.33. The number of ether oxygens (including phenoxy) is 1. The van der Waals surface area contributed by atoms with Gasteiger partial charge in [0.05, 0.1) is 29.8 Å². The molecule has 5 nitrogen and oxygen atoms in total. The van der Waals surface area contributed by atoms with E-state index in [9.17, 15) is 9.18 Å². The number of hydrogen-bond acceptors (Lipinski definition) is 3. The van der Waals surface area contributed by atoms with Crippen LogP contribution in [0.25, 0.3) is 0 Å². The molecule has 1 amide bonds. The van der Waals surface area contributed by atoms with Gasteiger partial charge < -0.3 is 4.74 Å². The second-order valence-electron chi connectivity index (χ2n) is 6.88. The molecule has 0 bridgehead atoms. The second-order valence-corrected chi connectivity index (χ2v) is 7.74. The summed E-state index contributed by atoms with van der Waals surface area (Å²) in [6, 6.07) is 4.91. The van der Waals surface area contributed by atoms with Gasteiger partial charge in [-0.05, 0) is 54.4 Å². The van der Waals surface area contributed by atoms with E-state index in [1.54, 1.807) is 17.0 Å². The van der Waals surface area contributed by atoms with E-state index in [-0.39, 0.29) is 11.9 Å². The number of carbonyl (C=O) groups is 1. The molecule has 0 saturated carbocycles. The van der Waals surface area contributed by atoms with Crippen molar-refractivity contribution in [1.82, 2.24) is 14.7 Å². The van der Waals surface area contributed by atoms with Gasteiger partial charge in [-0.1, -0.05) is 6.07 Å². The molecule has 0 N–H and O–H groups in total. The molecule has 3 rings (SSSR count). The molecule has 2 heterocycles. The predicted octanol–water partition coefficient (Wildman–Crippen LogP) is 4.08. The maximum Gasteiger partial charge on any atom is 0.410 e. The van der Waals surface area contributed by atoms with Crippen molar-refractivity contribution in [3.8, 4) is 0 Å². The largest absolute Gasteiger partial charge is 0.444 e. The van der Waals surface area contributed by atoms with Crippen LogP contribution in [0.2, 0.25) is 0 Å². The molecule has 0 atom stereocenters. The second kappa shape index (κ2) is 6.20. The fourth-order valence-corrected chi connectivity index (χ4v) is 3.00. The third-order valence-electron chi connectivity index (χ3n) is 3.61. The fraction of sp³-hybridized carbons (Fsp3) is 0.412. The summed E-state index contributed by atoms with van der Waals surface area (Å²) in [6.07, 6.45) is 1.60. The molecule has 1 aromatic heterocycles. The van der Waals surface area contributed by atoms with Crippen molar-refractivity contribution < 1.29 is 13.9 Å². The molecule has 0 spiro atoms. The molecule has 0 fully saturated rings. The maximum atomic E-state index is 13.3. The molecule has 128 valence electrons. The first kappa shape index (κ1) is 17.0. The van der Waals surface area contributed by atoms with Gasteiger partial charge in [-0.15, -0.1) is 0 Å².